The minimum Gasteiger partial charge on any atom is -0.397 e. The summed E-state index contributed by atoms with van der Waals surface area (Å²) >= 11 is 5.11. The van der Waals surface area contributed by atoms with Gasteiger partial charge in [0, 0.05) is 31.1 Å². The minimum atomic E-state index is -0.0948. The molecule has 1 aromatic heterocycles. The maximum absolute atomic E-state index is 12.1. The molecule has 0 saturated carbocycles. The van der Waals surface area contributed by atoms with Crippen molar-refractivity contribution in [2.45, 2.75) is 6.42 Å². The fraction of sp³-hybridized carbons (Fsp3) is 0.267. The van der Waals surface area contributed by atoms with Gasteiger partial charge in [-0.1, -0.05) is 0 Å². The maximum Gasteiger partial charge on any atom is 0.251 e. The average molecular weight is 368 g/mol. The molecule has 2 aromatic rings. The first-order chi connectivity index (χ1) is 9.97. The molecule has 0 saturated heterocycles. The Morgan fingerprint density at radius 3 is 2.67 bits per heavy atom. The van der Waals surface area contributed by atoms with Crippen LogP contribution < -0.4 is 16.0 Å². The van der Waals surface area contributed by atoms with E-state index in [2.05, 4.69) is 27.3 Å². The number of thiophene rings is 1. The number of nitrogens with two attached hydrogens (primary N) is 1. The van der Waals surface area contributed by atoms with Gasteiger partial charge in [-0.15, -0.1) is 11.3 Å². The van der Waals surface area contributed by atoms with Gasteiger partial charge in [0.05, 0.1) is 15.2 Å². The number of carbonyl (C=O) groups excluding carboxylic acids is 1. The van der Waals surface area contributed by atoms with Gasteiger partial charge in [-0.05, 0) is 52.7 Å². The number of nitrogens with zero attached hydrogens (tertiary/aromatic N) is 1. The number of rotatable bonds is 5. The first kappa shape index (κ1) is 15.9. The molecule has 0 bridgehead atoms. The van der Waals surface area contributed by atoms with E-state index in [0.717, 1.165) is 15.9 Å². The van der Waals surface area contributed by atoms with Crippen LogP contribution in [0.5, 0.6) is 0 Å². The minimum absolute atomic E-state index is 0.0948. The predicted molar refractivity (Wildman–Crippen MR) is 93.2 cm³/mol. The fourth-order valence-electron chi connectivity index (χ4n) is 1.99. The van der Waals surface area contributed by atoms with Gasteiger partial charge in [-0.3, -0.25) is 4.79 Å². The Morgan fingerprint density at radius 1 is 1.33 bits per heavy atom. The van der Waals surface area contributed by atoms with Crippen LogP contribution in [0.1, 0.15) is 15.2 Å². The third-order valence-corrected chi connectivity index (χ3v) is 4.74. The van der Waals surface area contributed by atoms with Gasteiger partial charge in [0.15, 0.2) is 0 Å². The highest BCUT2D eigenvalue weighted by molar-refractivity contribution is 9.11. The zero-order chi connectivity index (χ0) is 15.4. The summed E-state index contributed by atoms with van der Waals surface area (Å²) in [5, 5.41) is 2.92. The zero-order valence-corrected chi connectivity index (χ0v) is 14.4. The second-order valence-electron chi connectivity index (χ2n) is 4.88. The first-order valence-corrected chi connectivity index (χ1v) is 8.17. The summed E-state index contributed by atoms with van der Waals surface area (Å²) in [7, 11) is 3.84. The molecule has 0 atom stereocenters. The van der Waals surface area contributed by atoms with Gasteiger partial charge >= 0.3 is 0 Å². The van der Waals surface area contributed by atoms with Gasteiger partial charge in [-0.25, -0.2) is 0 Å². The third kappa shape index (κ3) is 4.22. The van der Waals surface area contributed by atoms with E-state index in [9.17, 15) is 4.79 Å². The van der Waals surface area contributed by atoms with Crippen LogP contribution in [0.25, 0.3) is 0 Å². The highest BCUT2D eigenvalue weighted by atomic mass is 79.9. The number of hydrogen-bond acceptors (Lipinski definition) is 4. The van der Waals surface area contributed by atoms with E-state index in [0.29, 0.717) is 17.8 Å². The molecule has 2 rings (SSSR count). The number of amides is 1. The number of anilines is 2. The van der Waals surface area contributed by atoms with Gasteiger partial charge in [-0.2, -0.15) is 0 Å². The summed E-state index contributed by atoms with van der Waals surface area (Å²) in [6, 6.07) is 9.45. The molecule has 4 nitrogen and oxygen atoms in total. The van der Waals surface area contributed by atoms with Crippen molar-refractivity contribution in [3.8, 4) is 0 Å². The molecule has 0 aliphatic heterocycles. The van der Waals surface area contributed by atoms with E-state index in [1.807, 2.05) is 31.1 Å². The summed E-state index contributed by atoms with van der Waals surface area (Å²) < 4.78 is 1.11. The molecule has 0 aliphatic rings. The van der Waals surface area contributed by atoms with Gasteiger partial charge < -0.3 is 16.0 Å². The molecule has 112 valence electrons. The topological polar surface area (TPSA) is 58.4 Å². The lowest BCUT2D eigenvalue weighted by atomic mass is 10.1. The highest BCUT2D eigenvalue weighted by Gasteiger charge is 2.09. The number of halogens is 1. The van der Waals surface area contributed by atoms with Crippen molar-refractivity contribution >= 4 is 44.5 Å². The van der Waals surface area contributed by atoms with Gasteiger partial charge in [0.2, 0.25) is 0 Å². The van der Waals surface area contributed by atoms with Crippen molar-refractivity contribution in [2.24, 2.45) is 0 Å². The summed E-state index contributed by atoms with van der Waals surface area (Å²) in [5.74, 6) is -0.0948. The quantitative estimate of drug-likeness (QED) is 0.798. The normalized spacial score (nSPS) is 10.4. The highest BCUT2D eigenvalue weighted by Crippen LogP contribution is 2.23. The number of nitrogen functional groups attached to an aromatic ring is 1. The summed E-state index contributed by atoms with van der Waals surface area (Å²) in [6.07, 6.45) is 0.827. The molecule has 1 amide bonds. The number of benzene rings is 1. The Kier molecular flexibility index (Phi) is 5.25. The summed E-state index contributed by atoms with van der Waals surface area (Å²) in [6.45, 7) is 0.612. The lowest BCUT2D eigenvalue weighted by molar-refractivity contribution is 0.0954. The maximum atomic E-state index is 12.1. The first-order valence-electron chi connectivity index (χ1n) is 6.56. The summed E-state index contributed by atoms with van der Waals surface area (Å²) in [5.41, 5.74) is 8.06. The molecular formula is C15H18BrN3OS. The van der Waals surface area contributed by atoms with Crippen LogP contribution in [0.3, 0.4) is 0 Å². The van der Waals surface area contributed by atoms with E-state index in [1.165, 1.54) is 4.88 Å². The number of hydrogen-bond donors (Lipinski definition) is 2. The van der Waals surface area contributed by atoms with Crippen molar-refractivity contribution in [3.05, 3.63) is 44.6 Å². The molecule has 0 unspecified atom stereocenters. The molecule has 21 heavy (non-hydrogen) atoms. The molecule has 0 spiro atoms. The second kappa shape index (κ2) is 6.95. The average Bonchev–Trinajstić information content (AvgIpc) is 2.83. The molecule has 0 aliphatic carbocycles. The lowest BCUT2D eigenvalue weighted by Gasteiger charge is -2.15. The Balaban J connectivity index is 1.92. The standard InChI is InChI=1S/C15H18BrN3OS/c1-19(2)13-5-3-10(9-12(13)17)15(20)18-8-7-11-4-6-14(16)21-11/h3-6,9H,7-8,17H2,1-2H3,(H,18,20). The van der Waals surface area contributed by atoms with Crippen LogP contribution in [0.2, 0.25) is 0 Å². The summed E-state index contributed by atoms with van der Waals surface area (Å²) in [4.78, 5) is 15.3. The van der Waals surface area contributed by atoms with Gasteiger partial charge in [0.1, 0.15) is 0 Å². The lowest BCUT2D eigenvalue weighted by Crippen LogP contribution is -2.25. The third-order valence-electron chi connectivity index (χ3n) is 3.06. The van der Waals surface area contributed by atoms with Crippen LogP contribution in [-0.2, 0) is 6.42 Å². The van der Waals surface area contributed by atoms with E-state index < -0.39 is 0 Å². The number of carbonyl (C=O) groups is 1. The van der Waals surface area contributed by atoms with E-state index >= 15 is 0 Å². The van der Waals surface area contributed by atoms with E-state index in [1.54, 1.807) is 23.5 Å². The molecule has 1 aromatic carbocycles. The van der Waals surface area contributed by atoms with Crippen molar-refractivity contribution in [1.29, 1.82) is 0 Å². The van der Waals surface area contributed by atoms with Crippen LogP contribution in [0, 0.1) is 0 Å². The molecule has 0 radical (unpaired) electrons. The molecular weight excluding hydrogens is 350 g/mol. The molecule has 0 fully saturated rings. The van der Waals surface area contributed by atoms with Crippen LogP contribution >= 0.6 is 27.3 Å². The van der Waals surface area contributed by atoms with E-state index in [4.69, 9.17) is 5.73 Å². The monoisotopic (exact) mass is 367 g/mol. The zero-order valence-electron chi connectivity index (χ0n) is 12.0. The van der Waals surface area contributed by atoms with Crippen molar-refractivity contribution in [1.82, 2.24) is 5.32 Å². The van der Waals surface area contributed by atoms with Crippen molar-refractivity contribution in [2.75, 3.05) is 31.3 Å². The predicted octanol–water partition coefficient (Wildman–Crippen LogP) is 3.13. The molecule has 1 heterocycles. The SMILES string of the molecule is CN(C)c1ccc(C(=O)NCCc2ccc(Br)s2)cc1N. The fourth-order valence-corrected chi connectivity index (χ4v) is 3.47. The van der Waals surface area contributed by atoms with Crippen LogP contribution in [-0.4, -0.2) is 26.5 Å². The Hall–Kier alpha value is -1.53. The van der Waals surface area contributed by atoms with Crippen LogP contribution in [0.4, 0.5) is 11.4 Å². The van der Waals surface area contributed by atoms with Crippen molar-refractivity contribution in [3.63, 3.8) is 0 Å². The molecule has 6 heteroatoms. The Labute approximate surface area is 137 Å². The second-order valence-corrected chi connectivity index (χ2v) is 7.43. The number of nitrogens with one attached hydrogen (secondary N) is 1. The largest absolute Gasteiger partial charge is 0.397 e. The molecule has 3 N–H and O–H groups in total. The van der Waals surface area contributed by atoms with Crippen LogP contribution in [0.15, 0.2) is 34.1 Å². The van der Waals surface area contributed by atoms with Crippen molar-refractivity contribution < 1.29 is 4.79 Å². The Morgan fingerprint density at radius 2 is 2.10 bits per heavy atom. The van der Waals surface area contributed by atoms with Gasteiger partial charge in [0.25, 0.3) is 5.91 Å². The smallest absolute Gasteiger partial charge is 0.251 e. The van der Waals surface area contributed by atoms with E-state index in [-0.39, 0.29) is 5.91 Å². The Bertz CT molecular complexity index is 640.